The van der Waals surface area contributed by atoms with Gasteiger partial charge in [0.05, 0.1) is 5.02 Å². The van der Waals surface area contributed by atoms with E-state index in [1.54, 1.807) is 6.07 Å². The number of hydrogen-bond donors (Lipinski definition) is 0. The van der Waals surface area contributed by atoms with Gasteiger partial charge in [0.2, 0.25) is 0 Å². The molecular weight excluding hydrogens is 367 g/mol. The maximum atomic E-state index is 13.6. The highest BCUT2D eigenvalue weighted by atomic mass is 35.5. The Morgan fingerprint density at radius 2 is 1.43 bits per heavy atom. The number of unbranched alkanes of at least 4 members (excludes halogenated alkanes) is 1. The largest absolute Gasteiger partial charge is 0.205 e. The van der Waals surface area contributed by atoms with Gasteiger partial charge in [0.1, 0.15) is 5.82 Å². The molecule has 4 rings (SSSR count). The summed E-state index contributed by atoms with van der Waals surface area (Å²) in [7, 11) is 0. The van der Waals surface area contributed by atoms with Gasteiger partial charge in [0, 0.05) is 11.1 Å². The molecule has 2 heteroatoms. The average Bonchev–Trinajstić information content (AvgIpc) is 2.72. The number of benzene rings is 4. The Bertz CT molecular complexity index is 1230. The Kier molecular flexibility index (Phi) is 5.33. The second-order valence-corrected chi connectivity index (χ2v) is 7.45. The molecule has 0 radical (unpaired) electrons. The zero-order valence-corrected chi connectivity index (χ0v) is 16.5. The van der Waals surface area contributed by atoms with Crippen molar-refractivity contribution < 1.29 is 4.39 Å². The molecule has 4 aromatic rings. The van der Waals surface area contributed by atoms with Gasteiger partial charge in [-0.15, -0.1) is 0 Å². The Labute approximate surface area is 170 Å². The van der Waals surface area contributed by atoms with E-state index >= 15 is 0 Å². The average molecular weight is 387 g/mol. The predicted octanol–water partition coefficient (Wildman–Crippen LogP) is 7.53. The van der Waals surface area contributed by atoms with Gasteiger partial charge in [-0.05, 0) is 70.3 Å². The summed E-state index contributed by atoms with van der Waals surface area (Å²) in [5.74, 6) is 5.68. The van der Waals surface area contributed by atoms with Crippen LogP contribution in [0.3, 0.4) is 0 Å². The second-order valence-electron chi connectivity index (χ2n) is 7.04. The molecule has 0 saturated carbocycles. The lowest BCUT2D eigenvalue weighted by molar-refractivity contribution is 0.628. The summed E-state index contributed by atoms with van der Waals surface area (Å²) in [6, 6.07) is 21.9. The minimum atomic E-state index is -0.447. The SMILES string of the molecule is CCCCc1ccc2c(ccc3cc(C#Cc4ccc(Cl)c(F)c4)ccc32)c1. The van der Waals surface area contributed by atoms with Crippen LogP contribution in [0, 0.1) is 17.7 Å². The first kappa shape index (κ1) is 18.5. The van der Waals surface area contributed by atoms with Gasteiger partial charge in [-0.25, -0.2) is 4.39 Å². The zero-order chi connectivity index (χ0) is 19.5. The van der Waals surface area contributed by atoms with Crippen molar-refractivity contribution in [3.8, 4) is 11.8 Å². The molecule has 0 fully saturated rings. The number of hydrogen-bond acceptors (Lipinski definition) is 0. The van der Waals surface area contributed by atoms with Crippen LogP contribution < -0.4 is 0 Å². The predicted molar refractivity (Wildman–Crippen MR) is 117 cm³/mol. The number of halogens is 2. The van der Waals surface area contributed by atoms with E-state index in [0.29, 0.717) is 5.56 Å². The van der Waals surface area contributed by atoms with E-state index < -0.39 is 5.82 Å². The molecule has 4 aromatic carbocycles. The highest BCUT2D eigenvalue weighted by Crippen LogP contribution is 2.27. The van der Waals surface area contributed by atoms with Crippen molar-refractivity contribution in [1.82, 2.24) is 0 Å². The van der Waals surface area contributed by atoms with E-state index in [4.69, 9.17) is 11.6 Å². The molecule has 0 amide bonds. The third-order valence-corrected chi connectivity index (χ3v) is 5.30. The quantitative estimate of drug-likeness (QED) is 0.252. The highest BCUT2D eigenvalue weighted by molar-refractivity contribution is 6.30. The monoisotopic (exact) mass is 386 g/mol. The third-order valence-electron chi connectivity index (χ3n) is 4.99. The molecule has 0 spiro atoms. The van der Waals surface area contributed by atoms with E-state index in [9.17, 15) is 4.39 Å². The fourth-order valence-electron chi connectivity index (χ4n) is 3.45. The third kappa shape index (κ3) is 3.88. The second kappa shape index (κ2) is 8.05. The number of aryl methyl sites for hydroxylation is 1. The van der Waals surface area contributed by atoms with Crippen LogP contribution in [0.5, 0.6) is 0 Å². The maximum absolute atomic E-state index is 13.6. The summed E-state index contributed by atoms with van der Waals surface area (Å²) in [6.07, 6.45) is 3.56. The zero-order valence-electron chi connectivity index (χ0n) is 15.7. The molecule has 0 saturated heterocycles. The summed E-state index contributed by atoms with van der Waals surface area (Å²) in [6.45, 7) is 2.22. The first-order valence-electron chi connectivity index (χ1n) is 9.56. The molecule has 0 nitrogen and oxygen atoms in total. The van der Waals surface area contributed by atoms with Gasteiger partial charge in [0.15, 0.2) is 0 Å². The van der Waals surface area contributed by atoms with Gasteiger partial charge < -0.3 is 0 Å². The Morgan fingerprint density at radius 1 is 0.786 bits per heavy atom. The number of fused-ring (bicyclic) bond motifs is 3. The Hall–Kier alpha value is -2.82. The van der Waals surface area contributed by atoms with Crippen molar-refractivity contribution >= 4 is 33.1 Å². The van der Waals surface area contributed by atoms with E-state index in [0.717, 1.165) is 17.4 Å². The van der Waals surface area contributed by atoms with Gasteiger partial charge >= 0.3 is 0 Å². The Morgan fingerprint density at radius 3 is 2.14 bits per heavy atom. The molecule has 138 valence electrons. The maximum Gasteiger partial charge on any atom is 0.143 e. The van der Waals surface area contributed by atoms with E-state index in [-0.39, 0.29) is 5.02 Å². The Balaban J connectivity index is 1.68. The summed E-state index contributed by atoms with van der Waals surface area (Å²) in [4.78, 5) is 0. The molecule has 0 bridgehead atoms. The van der Waals surface area contributed by atoms with E-state index in [1.165, 1.54) is 46.7 Å². The summed E-state index contributed by atoms with van der Waals surface area (Å²) in [5.41, 5.74) is 2.91. The minimum Gasteiger partial charge on any atom is -0.205 e. The highest BCUT2D eigenvalue weighted by Gasteiger charge is 2.03. The standard InChI is InChI=1S/C26H20ClF/c1-2-3-4-18-7-12-23-21(15-18)10-11-22-16-19(8-13-24(22)23)5-6-20-9-14-25(27)26(28)17-20/h7-17H,2-4H2,1H3. The van der Waals surface area contributed by atoms with Gasteiger partial charge in [-0.2, -0.15) is 0 Å². The molecule has 0 aliphatic rings. The fourth-order valence-corrected chi connectivity index (χ4v) is 3.57. The van der Waals surface area contributed by atoms with Crippen LogP contribution in [0.25, 0.3) is 21.5 Å². The van der Waals surface area contributed by atoms with Crippen LogP contribution in [0.15, 0.2) is 66.7 Å². The van der Waals surface area contributed by atoms with Crippen LogP contribution in [0.1, 0.15) is 36.5 Å². The minimum absolute atomic E-state index is 0.112. The van der Waals surface area contributed by atoms with Crippen molar-refractivity contribution in [2.24, 2.45) is 0 Å². The summed E-state index contributed by atoms with van der Waals surface area (Å²) < 4.78 is 13.6. The van der Waals surface area contributed by atoms with Crippen molar-refractivity contribution in [2.75, 3.05) is 0 Å². The molecule has 28 heavy (non-hydrogen) atoms. The van der Waals surface area contributed by atoms with E-state index in [1.807, 2.05) is 6.07 Å². The van der Waals surface area contributed by atoms with Gasteiger partial charge in [-0.1, -0.05) is 73.2 Å². The fraction of sp³-hybridized carbons (Fsp3) is 0.154. The topological polar surface area (TPSA) is 0 Å². The normalized spacial score (nSPS) is 10.8. The van der Waals surface area contributed by atoms with Crippen molar-refractivity contribution in [1.29, 1.82) is 0 Å². The molecule has 0 aliphatic carbocycles. The van der Waals surface area contributed by atoms with Crippen molar-refractivity contribution in [3.05, 3.63) is 94.3 Å². The summed E-state index contributed by atoms with van der Waals surface area (Å²) >= 11 is 5.72. The molecule has 0 unspecified atom stereocenters. The number of rotatable bonds is 3. The molecular formula is C26H20ClF. The lowest BCUT2D eigenvalue weighted by Gasteiger charge is -2.07. The molecule has 0 atom stereocenters. The van der Waals surface area contributed by atoms with Crippen LogP contribution in [0.2, 0.25) is 5.02 Å². The first-order valence-corrected chi connectivity index (χ1v) is 9.94. The van der Waals surface area contributed by atoms with Crippen molar-refractivity contribution in [3.63, 3.8) is 0 Å². The van der Waals surface area contributed by atoms with Gasteiger partial charge in [-0.3, -0.25) is 0 Å². The molecule has 0 aliphatic heterocycles. The first-order chi connectivity index (χ1) is 13.6. The molecule has 0 N–H and O–H groups in total. The summed E-state index contributed by atoms with van der Waals surface area (Å²) in [5, 5.41) is 5.03. The molecule has 0 heterocycles. The lowest BCUT2D eigenvalue weighted by Crippen LogP contribution is -1.86. The molecule has 0 aromatic heterocycles. The van der Waals surface area contributed by atoms with Crippen LogP contribution in [-0.2, 0) is 6.42 Å². The van der Waals surface area contributed by atoms with Crippen LogP contribution in [-0.4, -0.2) is 0 Å². The lowest BCUT2D eigenvalue weighted by atomic mass is 9.97. The van der Waals surface area contributed by atoms with Crippen LogP contribution in [0.4, 0.5) is 4.39 Å². The smallest absolute Gasteiger partial charge is 0.143 e. The van der Waals surface area contributed by atoms with E-state index in [2.05, 4.69) is 61.2 Å². The van der Waals surface area contributed by atoms with Crippen LogP contribution >= 0.6 is 11.6 Å². The van der Waals surface area contributed by atoms with Crippen molar-refractivity contribution in [2.45, 2.75) is 26.2 Å². The van der Waals surface area contributed by atoms with Gasteiger partial charge in [0.25, 0.3) is 0 Å².